The Bertz CT molecular complexity index is 550. The lowest BCUT2D eigenvalue weighted by atomic mass is 10.1. The van der Waals surface area contributed by atoms with Crippen molar-refractivity contribution in [2.75, 3.05) is 5.32 Å². The van der Waals surface area contributed by atoms with Gasteiger partial charge in [-0.3, -0.25) is 0 Å². The van der Waals surface area contributed by atoms with E-state index in [-0.39, 0.29) is 0 Å². The van der Waals surface area contributed by atoms with Crippen LogP contribution in [0.5, 0.6) is 0 Å². The Morgan fingerprint density at radius 3 is 2.71 bits per heavy atom. The molecule has 0 saturated heterocycles. The number of nitrogens with zero attached hydrogens (tertiary/aromatic N) is 2. The molecule has 0 saturated carbocycles. The second-order valence-corrected chi connectivity index (χ2v) is 5.59. The molecular weight excluding hydrogens is 262 g/mol. The Labute approximate surface area is 127 Å². The van der Waals surface area contributed by atoms with Crippen LogP contribution in [0.2, 0.25) is 0 Å². The molecular formula is C17H25N3O. The first-order valence-electron chi connectivity index (χ1n) is 7.87. The highest BCUT2D eigenvalue weighted by molar-refractivity contribution is 5.72. The normalized spacial score (nSPS) is 12.3. The summed E-state index contributed by atoms with van der Waals surface area (Å²) < 4.78 is 5.28. The molecule has 0 aliphatic heterocycles. The fourth-order valence-corrected chi connectivity index (χ4v) is 2.42. The van der Waals surface area contributed by atoms with Gasteiger partial charge in [-0.15, -0.1) is 0 Å². The van der Waals surface area contributed by atoms with Crippen molar-refractivity contribution in [3.05, 3.63) is 30.1 Å². The minimum atomic E-state index is 0.437. The van der Waals surface area contributed by atoms with Crippen LogP contribution in [0, 0.1) is 6.92 Å². The van der Waals surface area contributed by atoms with Gasteiger partial charge >= 0.3 is 0 Å². The zero-order valence-corrected chi connectivity index (χ0v) is 13.2. The summed E-state index contributed by atoms with van der Waals surface area (Å²) in [7, 11) is 0. The highest BCUT2D eigenvalue weighted by Gasteiger charge is 2.12. The lowest BCUT2D eigenvalue weighted by molar-refractivity contribution is 0.425. The largest absolute Gasteiger partial charge is 0.382 e. The maximum atomic E-state index is 5.28. The number of nitrogens with one attached hydrogen (secondary N) is 1. The van der Waals surface area contributed by atoms with Gasteiger partial charge in [0.25, 0.3) is 5.89 Å². The lowest BCUT2D eigenvalue weighted by Gasteiger charge is -2.16. The summed E-state index contributed by atoms with van der Waals surface area (Å²) in [6.45, 7) is 6.30. The third-order valence-corrected chi connectivity index (χ3v) is 3.58. The Kier molecular flexibility index (Phi) is 5.78. The molecule has 114 valence electrons. The molecule has 1 atom stereocenters. The number of hydrogen-bond acceptors (Lipinski definition) is 4. The topological polar surface area (TPSA) is 51.0 Å². The highest BCUT2D eigenvalue weighted by atomic mass is 16.5. The van der Waals surface area contributed by atoms with Crippen LogP contribution >= 0.6 is 0 Å². The lowest BCUT2D eigenvalue weighted by Crippen LogP contribution is -2.15. The van der Waals surface area contributed by atoms with Gasteiger partial charge in [-0.1, -0.05) is 49.9 Å². The van der Waals surface area contributed by atoms with Crippen molar-refractivity contribution < 1.29 is 4.52 Å². The highest BCUT2D eigenvalue weighted by Crippen LogP contribution is 2.27. The molecule has 4 nitrogen and oxygen atoms in total. The fourth-order valence-electron chi connectivity index (χ4n) is 2.42. The SMILES string of the molecule is CCCCCCC(C)Nc1ccccc1-c1nc(C)no1. The maximum absolute atomic E-state index is 5.28. The molecule has 1 aromatic carbocycles. The summed E-state index contributed by atoms with van der Waals surface area (Å²) in [4.78, 5) is 4.32. The van der Waals surface area contributed by atoms with Crippen molar-refractivity contribution in [1.29, 1.82) is 0 Å². The van der Waals surface area contributed by atoms with E-state index in [1.165, 1.54) is 32.1 Å². The Balaban J connectivity index is 2.00. The number of aryl methyl sites for hydroxylation is 1. The van der Waals surface area contributed by atoms with E-state index in [9.17, 15) is 0 Å². The van der Waals surface area contributed by atoms with Gasteiger partial charge in [0.1, 0.15) is 0 Å². The average molecular weight is 287 g/mol. The number of aromatic nitrogens is 2. The van der Waals surface area contributed by atoms with Crippen LogP contribution in [0.3, 0.4) is 0 Å². The predicted molar refractivity (Wildman–Crippen MR) is 86.3 cm³/mol. The molecule has 0 aliphatic carbocycles. The van der Waals surface area contributed by atoms with Crippen LogP contribution < -0.4 is 5.32 Å². The van der Waals surface area contributed by atoms with Crippen molar-refractivity contribution >= 4 is 5.69 Å². The number of rotatable bonds is 8. The van der Waals surface area contributed by atoms with Crippen LogP contribution in [0.25, 0.3) is 11.5 Å². The van der Waals surface area contributed by atoms with E-state index < -0.39 is 0 Å². The summed E-state index contributed by atoms with van der Waals surface area (Å²) in [5.41, 5.74) is 2.03. The molecule has 0 spiro atoms. The second-order valence-electron chi connectivity index (χ2n) is 5.59. The smallest absolute Gasteiger partial charge is 0.260 e. The molecule has 1 heterocycles. The fraction of sp³-hybridized carbons (Fsp3) is 0.529. The Morgan fingerprint density at radius 1 is 1.19 bits per heavy atom. The van der Waals surface area contributed by atoms with Gasteiger partial charge in [-0.2, -0.15) is 4.98 Å². The van der Waals surface area contributed by atoms with Crippen LogP contribution in [-0.2, 0) is 0 Å². The van der Waals surface area contributed by atoms with Gasteiger partial charge in [0, 0.05) is 11.7 Å². The van der Waals surface area contributed by atoms with E-state index >= 15 is 0 Å². The molecule has 0 aliphatic rings. The van der Waals surface area contributed by atoms with Crippen LogP contribution in [0.4, 0.5) is 5.69 Å². The number of benzene rings is 1. The quantitative estimate of drug-likeness (QED) is 0.707. The summed E-state index contributed by atoms with van der Waals surface area (Å²) in [5.74, 6) is 1.24. The van der Waals surface area contributed by atoms with Gasteiger partial charge in [0.05, 0.1) is 5.56 Å². The minimum absolute atomic E-state index is 0.437. The van der Waals surface area contributed by atoms with E-state index in [1.807, 2.05) is 25.1 Å². The number of hydrogen-bond donors (Lipinski definition) is 1. The van der Waals surface area contributed by atoms with Crippen molar-refractivity contribution in [1.82, 2.24) is 10.1 Å². The summed E-state index contributed by atoms with van der Waals surface area (Å²) in [6.07, 6.45) is 6.36. The molecule has 0 fully saturated rings. The number of anilines is 1. The molecule has 0 bridgehead atoms. The van der Waals surface area contributed by atoms with E-state index in [0.717, 1.165) is 11.3 Å². The first-order chi connectivity index (χ1) is 10.2. The average Bonchev–Trinajstić information content (AvgIpc) is 2.91. The molecule has 0 radical (unpaired) electrons. The molecule has 1 aromatic heterocycles. The van der Waals surface area contributed by atoms with E-state index in [2.05, 4.69) is 35.4 Å². The molecule has 1 N–H and O–H groups in total. The van der Waals surface area contributed by atoms with E-state index in [4.69, 9.17) is 4.52 Å². The third-order valence-electron chi connectivity index (χ3n) is 3.58. The van der Waals surface area contributed by atoms with Crippen LogP contribution in [0.1, 0.15) is 51.8 Å². The Hall–Kier alpha value is -1.84. The summed E-state index contributed by atoms with van der Waals surface area (Å²) in [6, 6.07) is 8.54. The van der Waals surface area contributed by atoms with Crippen molar-refractivity contribution in [3.63, 3.8) is 0 Å². The number of para-hydroxylation sites is 1. The van der Waals surface area contributed by atoms with E-state index in [0.29, 0.717) is 17.8 Å². The first kappa shape index (κ1) is 15.5. The van der Waals surface area contributed by atoms with Crippen LogP contribution in [0.15, 0.2) is 28.8 Å². The van der Waals surface area contributed by atoms with Crippen LogP contribution in [-0.4, -0.2) is 16.2 Å². The zero-order valence-electron chi connectivity index (χ0n) is 13.2. The second kappa shape index (κ2) is 7.81. The standard InChI is InChI=1S/C17H25N3O/c1-4-5-6-7-10-13(2)18-16-12-9-8-11-15(16)17-19-14(3)20-21-17/h8-9,11-13,18H,4-7,10H2,1-3H3. The first-order valence-corrected chi connectivity index (χ1v) is 7.87. The predicted octanol–water partition coefficient (Wildman–Crippen LogP) is 4.82. The summed E-state index contributed by atoms with van der Waals surface area (Å²) in [5, 5.41) is 7.44. The van der Waals surface area contributed by atoms with E-state index in [1.54, 1.807) is 0 Å². The molecule has 0 amide bonds. The van der Waals surface area contributed by atoms with Gasteiger partial charge in [0.15, 0.2) is 5.82 Å². The Morgan fingerprint density at radius 2 is 2.00 bits per heavy atom. The van der Waals surface area contributed by atoms with Gasteiger partial charge in [-0.25, -0.2) is 0 Å². The molecule has 4 heteroatoms. The van der Waals surface area contributed by atoms with Gasteiger partial charge < -0.3 is 9.84 Å². The van der Waals surface area contributed by atoms with Gasteiger partial charge in [-0.05, 0) is 32.4 Å². The number of unbranched alkanes of at least 4 members (excludes halogenated alkanes) is 3. The molecule has 2 aromatic rings. The van der Waals surface area contributed by atoms with Crippen molar-refractivity contribution in [2.24, 2.45) is 0 Å². The van der Waals surface area contributed by atoms with Crippen molar-refractivity contribution in [2.45, 2.75) is 58.9 Å². The van der Waals surface area contributed by atoms with Gasteiger partial charge in [0.2, 0.25) is 0 Å². The monoisotopic (exact) mass is 287 g/mol. The third kappa shape index (κ3) is 4.59. The van der Waals surface area contributed by atoms with Crippen molar-refractivity contribution in [3.8, 4) is 11.5 Å². The summed E-state index contributed by atoms with van der Waals surface area (Å²) >= 11 is 0. The zero-order chi connectivity index (χ0) is 15.1. The minimum Gasteiger partial charge on any atom is -0.382 e. The molecule has 2 rings (SSSR count). The molecule has 1 unspecified atom stereocenters. The molecule has 21 heavy (non-hydrogen) atoms. The maximum Gasteiger partial charge on any atom is 0.260 e.